The van der Waals surface area contributed by atoms with Gasteiger partial charge in [-0.1, -0.05) is 76.1 Å². The fourth-order valence-corrected chi connectivity index (χ4v) is 11.6. The topological polar surface area (TPSA) is 125 Å². The van der Waals surface area contributed by atoms with Gasteiger partial charge in [-0.2, -0.15) is 0 Å². The summed E-state index contributed by atoms with van der Waals surface area (Å²) in [7, 11) is 0. The van der Waals surface area contributed by atoms with Crippen molar-refractivity contribution in [2.24, 2.45) is 45.7 Å². The lowest BCUT2D eigenvalue weighted by Crippen LogP contribution is -2.65. The second-order valence-corrected chi connectivity index (χ2v) is 17.5. The third-order valence-electron chi connectivity index (χ3n) is 14.1. The molecule has 0 amide bonds. The Morgan fingerprint density at radius 3 is 2.35 bits per heavy atom. The number of hydrogen-bond donors (Lipinski definition) is 2. The number of fused-ring (bicyclic) bond motifs is 5. The van der Waals surface area contributed by atoms with Crippen LogP contribution in [0.3, 0.4) is 0 Å². The molecule has 0 bridgehead atoms. The van der Waals surface area contributed by atoms with Crippen molar-refractivity contribution in [2.45, 2.75) is 150 Å². The van der Waals surface area contributed by atoms with Crippen LogP contribution in [0, 0.1) is 39.9 Å². The first kappa shape index (κ1) is 40.2. The number of esters is 3. The van der Waals surface area contributed by atoms with E-state index in [1.54, 1.807) is 0 Å². The van der Waals surface area contributed by atoms with Gasteiger partial charge < -0.3 is 25.1 Å². The highest BCUT2D eigenvalue weighted by Gasteiger charge is 2.71. The number of allylic oxidation sites excluding steroid dienone is 2. The molecular formula is C44H65NO7. The quantitative estimate of drug-likeness (QED) is 0.0685. The second-order valence-electron chi connectivity index (χ2n) is 17.5. The largest absolute Gasteiger partial charge is 0.462 e. The molecule has 0 spiro atoms. The van der Waals surface area contributed by atoms with Gasteiger partial charge in [0.25, 0.3) is 0 Å². The van der Waals surface area contributed by atoms with Gasteiger partial charge >= 0.3 is 17.9 Å². The van der Waals surface area contributed by atoms with Gasteiger partial charge in [-0.15, -0.1) is 0 Å². The van der Waals surface area contributed by atoms with Crippen LogP contribution in [0.25, 0.3) is 0 Å². The van der Waals surface area contributed by atoms with Crippen molar-refractivity contribution in [1.29, 1.82) is 0 Å². The Morgan fingerprint density at radius 1 is 0.942 bits per heavy atom. The highest BCUT2D eigenvalue weighted by molar-refractivity contribution is 5.90. The zero-order valence-electron chi connectivity index (χ0n) is 32.9. The van der Waals surface area contributed by atoms with Crippen molar-refractivity contribution in [3.05, 3.63) is 58.7 Å². The lowest BCUT2D eigenvalue weighted by Gasteiger charge is -2.69. The Hall–Kier alpha value is -2.97. The van der Waals surface area contributed by atoms with E-state index >= 15 is 0 Å². The first-order valence-corrected chi connectivity index (χ1v) is 20.0. The molecule has 0 aliphatic heterocycles. The minimum absolute atomic E-state index is 0.00634. The van der Waals surface area contributed by atoms with E-state index in [-0.39, 0.29) is 64.6 Å². The Morgan fingerprint density at radius 2 is 1.67 bits per heavy atom. The first-order valence-electron chi connectivity index (χ1n) is 20.0. The Bertz CT molecular complexity index is 1500. The second kappa shape index (κ2) is 16.6. The van der Waals surface area contributed by atoms with E-state index in [2.05, 4.69) is 33.8 Å². The fourth-order valence-electron chi connectivity index (χ4n) is 11.6. The van der Waals surface area contributed by atoms with Crippen molar-refractivity contribution in [2.75, 3.05) is 6.54 Å². The number of nitrogens with two attached hydrogens (primary N) is 1. The van der Waals surface area contributed by atoms with E-state index in [1.807, 2.05) is 44.2 Å². The first-order chi connectivity index (χ1) is 24.7. The maximum absolute atomic E-state index is 14.2. The average Bonchev–Trinajstić information content (AvgIpc) is 3.36. The van der Waals surface area contributed by atoms with E-state index in [0.29, 0.717) is 50.1 Å². The number of benzene rings is 1. The van der Waals surface area contributed by atoms with Gasteiger partial charge in [0.15, 0.2) is 0 Å². The number of carbonyl (C=O) groups is 3. The lowest BCUT2D eigenvalue weighted by atomic mass is 9.36. The molecule has 288 valence electrons. The van der Waals surface area contributed by atoms with Gasteiger partial charge in [0.1, 0.15) is 18.8 Å². The molecule has 8 heteroatoms. The third-order valence-corrected chi connectivity index (χ3v) is 14.1. The molecule has 5 rings (SSSR count). The van der Waals surface area contributed by atoms with Crippen molar-refractivity contribution in [1.82, 2.24) is 0 Å². The van der Waals surface area contributed by atoms with Crippen LogP contribution in [0.5, 0.6) is 0 Å². The molecule has 3 N–H and O–H groups in total. The van der Waals surface area contributed by atoms with E-state index < -0.39 is 12.2 Å². The molecule has 10 atom stereocenters. The maximum atomic E-state index is 14.2. The number of aliphatic hydroxyl groups excluding tert-OH is 1. The van der Waals surface area contributed by atoms with Crippen LogP contribution >= 0.6 is 0 Å². The van der Waals surface area contributed by atoms with Crippen LogP contribution in [0.2, 0.25) is 0 Å². The summed E-state index contributed by atoms with van der Waals surface area (Å²) in [6.07, 6.45) is 9.70. The van der Waals surface area contributed by atoms with Gasteiger partial charge in [-0.05, 0) is 136 Å². The average molecular weight is 720 g/mol. The summed E-state index contributed by atoms with van der Waals surface area (Å²) in [6.45, 7) is 15.6. The Kier molecular flexibility index (Phi) is 12.8. The van der Waals surface area contributed by atoms with Crippen LogP contribution in [-0.2, 0) is 35.2 Å². The van der Waals surface area contributed by atoms with Crippen molar-refractivity contribution >= 4 is 17.9 Å². The molecule has 4 aliphatic rings. The highest BCUT2D eigenvalue weighted by atomic mass is 16.5. The zero-order valence-corrected chi connectivity index (χ0v) is 32.9. The van der Waals surface area contributed by atoms with E-state index in [4.69, 9.17) is 19.9 Å². The fraction of sp³-hybridized carbons (Fsp3) is 0.705. The van der Waals surface area contributed by atoms with Crippen molar-refractivity contribution < 1.29 is 33.7 Å². The SMILES string of the molecule is CC(=O)O[C@H]1C[C@@]2(C)C(C[C@@H](O)C3[C@@]4(C)CC[C@@H](OC(=O)CCCCCN)[C@@H](C)C4CC[C@@]32C)/C1=C(\CCC=C(C)C)C(=O)OCc1ccccc1. The van der Waals surface area contributed by atoms with Gasteiger partial charge in [0.2, 0.25) is 0 Å². The summed E-state index contributed by atoms with van der Waals surface area (Å²) < 4.78 is 18.3. The Labute approximate surface area is 312 Å². The molecule has 0 heterocycles. The molecule has 1 aromatic carbocycles. The smallest absolute Gasteiger partial charge is 0.334 e. The van der Waals surface area contributed by atoms with Gasteiger partial charge in [-0.25, -0.2) is 4.79 Å². The Balaban J connectivity index is 1.46. The molecule has 8 nitrogen and oxygen atoms in total. The van der Waals surface area contributed by atoms with E-state index in [9.17, 15) is 19.5 Å². The van der Waals surface area contributed by atoms with Crippen LogP contribution in [0.4, 0.5) is 0 Å². The molecule has 4 saturated carbocycles. The van der Waals surface area contributed by atoms with Gasteiger partial charge in [0, 0.05) is 18.9 Å². The molecule has 4 fully saturated rings. The lowest BCUT2D eigenvalue weighted by molar-refractivity contribution is -0.236. The molecule has 0 radical (unpaired) electrons. The summed E-state index contributed by atoms with van der Waals surface area (Å²) in [5.74, 6) is -0.512. The molecule has 1 aromatic rings. The number of rotatable bonds is 13. The summed E-state index contributed by atoms with van der Waals surface area (Å²) in [5.41, 5.74) is 8.36. The summed E-state index contributed by atoms with van der Waals surface area (Å²) in [5, 5.41) is 12.4. The molecule has 4 aliphatic carbocycles. The highest BCUT2D eigenvalue weighted by Crippen LogP contribution is 2.74. The molecule has 0 aromatic heterocycles. The molecular weight excluding hydrogens is 654 g/mol. The predicted octanol–water partition coefficient (Wildman–Crippen LogP) is 8.39. The van der Waals surface area contributed by atoms with E-state index in [1.165, 1.54) is 12.5 Å². The van der Waals surface area contributed by atoms with Crippen molar-refractivity contribution in [3.8, 4) is 0 Å². The van der Waals surface area contributed by atoms with Crippen LogP contribution in [0.1, 0.15) is 131 Å². The van der Waals surface area contributed by atoms with Crippen molar-refractivity contribution in [3.63, 3.8) is 0 Å². The number of hydrogen-bond acceptors (Lipinski definition) is 8. The standard InChI is InChI=1S/C44H65NO7/c1-28(2)15-14-18-32(41(49)50-27-31-16-10-8-11-17-31)39-34-25-35(47)40-42(5)22-21-36(52-38(48)19-12-9-13-24-45)29(3)33(42)20-23-43(40,6)44(34,7)26-37(39)51-30(4)46/h8,10-11,15-17,29,33-37,40,47H,9,12-14,18-27,45H2,1-7H3/b39-32-/t29-,33?,34?,35+,36+,37-,40?,42-,43-,44-/m0/s1. The maximum Gasteiger partial charge on any atom is 0.334 e. The number of ether oxygens (including phenoxy) is 3. The zero-order chi connectivity index (χ0) is 37.8. The van der Waals surface area contributed by atoms with E-state index in [0.717, 1.165) is 56.1 Å². The summed E-state index contributed by atoms with van der Waals surface area (Å²) >= 11 is 0. The van der Waals surface area contributed by atoms with Crippen LogP contribution in [-0.4, -0.2) is 47.9 Å². The molecule has 3 unspecified atom stereocenters. The minimum atomic E-state index is -0.602. The number of aliphatic hydroxyl groups is 1. The third kappa shape index (κ3) is 7.94. The van der Waals surface area contributed by atoms with Gasteiger partial charge in [-0.3, -0.25) is 9.59 Å². The minimum Gasteiger partial charge on any atom is -0.462 e. The van der Waals surface area contributed by atoms with Gasteiger partial charge in [0.05, 0.1) is 6.10 Å². The van der Waals surface area contributed by atoms with Crippen LogP contribution in [0.15, 0.2) is 53.1 Å². The summed E-state index contributed by atoms with van der Waals surface area (Å²) in [4.78, 5) is 39.7. The van der Waals surface area contributed by atoms with Crippen LogP contribution < -0.4 is 5.73 Å². The summed E-state index contributed by atoms with van der Waals surface area (Å²) in [6, 6.07) is 9.67. The number of unbranched alkanes of at least 4 members (excludes halogenated alkanes) is 2. The normalized spacial score (nSPS) is 36.1. The predicted molar refractivity (Wildman–Crippen MR) is 203 cm³/mol. The number of carbonyl (C=O) groups excluding carboxylic acids is 3. The molecule has 52 heavy (non-hydrogen) atoms. The molecule has 0 saturated heterocycles. The monoisotopic (exact) mass is 719 g/mol.